The number of hydrogen-bond acceptors (Lipinski definition) is 7. The molecule has 3 aromatic rings. The van der Waals surface area contributed by atoms with Crippen molar-refractivity contribution in [2.75, 3.05) is 17.2 Å². The molecule has 0 saturated heterocycles. The van der Waals surface area contributed by atoms with Crippen molar-refractivity contribution in [3.8, 4) is 11.8 Å². The fourth-order valence-corrected chi connectivity index (χ4v) is 3.60. The molecule has 8 nitrogen and oxygen atoms in total. The highest BCUT2D eigenvalue weighted by atomic mass is 32.2. The van der Waals surface area contributed by atoms with Crippen LogP contribution in [-0.4, -0.2) is 36.1 Å². The molecule has 1 aromatic carbocycles. The van der Waals surface area contributed by atoms with E-state index in [4.69, 9.17) is 5.14 Å². The van der Waals surface area contributed by atoms with E-state index in [9.17, 15) is 21.6 Å². The van der Waals surface area contributed by atoms with Crippen molar-refractivity contribution in [2.24, 2.45) is 11.1 Å². The Morgan fingerprint density at radius 2 is 1.82 bits per heavy atom. The van der Waals surface area contributed by atoms with E-state index in [0.717, 1.165) is 12.8 Å². The second-order valence-corrected chi connectivity index (χ2v) is 9.51. The van der Waals surface area contributed by atoms with Gasteiger partial charge in [-0.25, -0.2) is 23.5 Å². The van der Waals surface area contributed by atoms with Crippen molar-refractivity contribution in [2.45, 2.75) is 36.9 Å². The first-order valence-electron chi connectivity index (χ1n) is 10.4. The standard InChI is InChI=1S/C22H21F3N6O2S/c1-13(15-5-9-17(10-6-15)34(26,32)33)28-21-30-18-11-8-16(7-4-14-2-3-14)29-19(18)20(31-21)27-12-22(23,24)25/h5-6,8-11,13-14H,2-3,12H2,1H3,(H2,26,32,33)(H2,27,28,30,31). The molecule has 178 valence electrons. The van der Waals surface area contributed by atoms with Gasteiger partial charge in [0.05, 0.1) is 16.5 Å². The number of pyridine rings is 1. The number of halogens is 3. The van der Waals surface area contributed by atoms with Crippen LogP contribution in [0.2, 0.25) is 0 Å². The summed E-state index contributed by atoms with van der Waals surface area (Å²) in [6, 6.07) is 8.80. The van der Waals surface area contributed by atoms with Gasteiger partial charge in [-0.05, 0) is 55.5 Å². The van der Waals surface area contributed by atoms with Gasteiger partial charge in [0.25, 0.3) is 0 Å². The highest BCUT2D eigenvalue weighted by Gasteiger charge is 2.27. The van der Waals surface area contributed by atoms with Crippen LogP contribution < -0.4 is 15.8 Å². The van der Waals surface area contributed by atoms with Crippen LogP contribution in [0.15, 0.2) is 41.3 Å². The van der Waals surface area contributed by atoms with E-state index in [1.807, 2.05) is 0 Å². The van der Waals surface area contributed by atoms with Crippen LogP contribution in [0.5, 0.6) is 0 Å². The maximum absolute atomic E-state index is 12.9. The minimum absolute atomic E-state index is 0.0318. The van der Waals surface area contributed by atoms with Gasteiger partial charge in [0.15, 0.2) is 5.82 Å². The van der Waals surface area contributed by atoms with Gasteiger partial charge in [0.2, 0.25) is 16.0 Å². The largest absolute Gasteiger partial charge is 0.405 e. The summed E-state index contributed by atoms with van der Waals surface area (Å²) >= 11 is 0. The number of rotatable bonds is 6. The maximum atomic E-state index is 12.9. The van der Waals surface area contributed by atoms with E-state index in [2.05, 4.69) is 37.4 Å². The number of sulfonamides is 1. The third-order valence-electron chi connectivity index (χ3n) is 5.03. The zero-order valence-electron chi connectivity index (χ0n) is 18.0. The van der Waals surface area contributed by atoms with E-state index in [1.165, 1.54) is 12.1 Å². The van der Waals surface area contributed by atoms with Crippen molar-refractivity contribution in [1.29, 1.82) is 0 Å². The molecule has 1 aliphatic carbocycles. The van der Waals surface area contributed by atoms with Crippen molar-refractivity contribution in [3.05, 3.63) is 47.7 Å². The Kier molecular flexibility index (Phi) is 6.33. The zero-order valence-corrected chi connectivity index (χ0v) is 18.8. The summed E-state index contributed by atoms with van der Waals surface area (Å²) in [6.07, 6.45) is -2.37. The van der Waals surface area contributed by atoms with Crippen LogP contribution in [0.4, 0.5) is 24.9 Å². The number of nitrogens with zero attached hydrogens (tertiary/aromatic N) is 3. The first kappa shape index (κ1) is 23.7. The van der Waals surface area contributed by atoms with E-state index in [1.54, 1.807) is 31.2 Å². The molecule has 1 atom stereocenters. The molecule has 0 spiro atoms. The smallest absolute Gasteiger partial charge is 0.359 e. The van der Waals surface area contributed by atoms with E-state index >= 15 is 0 Å². The molecule has 0 amide bonds. The number of aromatic nitrogens is 3. The third-order valence-corrected chi connectivity index (χ3v) is 5.96. The normalized spacial score (nSPS) is 14.9. The fraction of sp³-hybridized carbons (Fsp3) is 0.318. The minimum atomic E-state index is -4.45. The number of nitrogens with one attached hydrogen (secondary N) is 2. The van der Waals surface area contributed by atoms with Gasteiger partial charge < -0.3 is 10.6 Å². The van der Waals surface area contributed by atoms with Crippen molar-refractivity contribution >= 4 is 32.8 Å². The molecule has 0 aliphatic heterocycles. The Labute approximate surface area is 194 Å². The van der Waals surface area contributed by atoms with Gasteiger partial charge in [-0.15, -0.1) is 0 Å². The summed E-state index contributed by atoms with van der Waals surface area (Å²) in [4.78, 5) is 12.9. The number of alkyl halides is 3. The lowest BCUT2D eigenvalue weighted by Crippen LogP contribution is -2.22. The second kappa shape index (κ2) is 9.08. The summed E-state index contributed by atoms with van der Waals surface area (Å²) in [7, 11) is -3.82. The first-order valence-corrected chi connectivity index (χ1v) is 11.9. The quantitative estimate of drug-likeness (QED) is 0.452. The average molecular weight is 491 g/mol. The third kappa shape index (κ3) is 6.12. The van der Waals surface area contributed by atoms with Gasteiger partial charge in [0, 0.05) is 5.92 Å². The van der Waals surface area contributed by atoms with Crippen molar-refractivity contribution in [3.63, 3.8) is 0 Å². The lowest BCUT2D eigenvalue weighted by molar-refractivity contribution is -0.115. The molecule has 0 bridgehead atoms. The number of anilines is 2. The lowest BCUT2D eigenvalue weighted by Gasteiger charge is -2.17. The zero-order chi connectivity index (χ0) is 24.5. The minimum Gasteiger partial charge on any atom is -0.359 e. The van der Waals surface area contributed by atoms with Crippen molar-refractivity contribution < 1.29 is 21.6 Å². The Morgan fingerprint density at radius 3 is 2.44 bits per heavy atom. The maximum Gasteiger partial charge on any atom is 0.405 e. The Balaban J connectivity index is 1.64. The molecule has 4 rings (SSSR count). The summed E-state index contributed by atoms with van der Waals surface area (Å²) in [5.74, 6) is 6.38. The van der Waals surface area contributed by atoms with E-state index in [-0.39, 0.29) is 28.2 Å². The topological polar surface area (TPSA) is 123 Å². The Hall–Kier alpha value is -3.43. The fourth-order valence-electron chi connectivity index (χ4n) is 3.08. The first-order chi connectivity index (χ1) is 16.0. The summed E-state index contributed by atoms with van der Waals surface area (Å²) in [5, 5.41) is 10.4. The molecule has 0 radical (unpaired) electrons. The molecule has 1 saturated carbocycles. The van der Waals surface area contributed by atoms with Crippen LogP contribution in [-0.2, 0) is 10.0 Å². The highest BCUT2D eigenvalue weighted by Crippen LogP contribution is 2.28. The van der Waals surface area contributed by atoms with Crippen LogP contribution in [0.3, 0.4) is 0 Å². The summed E-state index contributed by atoms with van der Waals surface area (Å²) < 4.78 is 61.5. The number of benzene rings is 1. The summed E-state index contributed by atoms with van der Waals surface area (Å²) in [5.41, 5.74) is 1.66. The van der Waals surface area contributed by atoms with Gasteiger partial charge >= 0.3 is 6.18 Å². The second-order valence-electron chi connectivity index (χ2n) is 7.95. The predicted octanol–water partition coefficient (Wildman–Crippen LogP) is 3.58. The van der Waals surface area contributed by atoms with E-state index < -0.39 is 22.7 Å². The van der Waals surface area contributed by atoms with Gasteiger partial charge in [-0.2, -0.15) is 18.2 Å². The number of nitrogens with two attached hydrogens (primary N) is 1. The molecule has 12 heteroatoms. The Morgan fingerprint density at radius 1 is 1.12 bits per heavy atom. The molecule has 4 N–H and O–H groups in total. The number of hydrogen-bond donors (Lipinski definition) is 3. The van der Waals surface area contributed by atoms with Crippen molar-refractivity contribution in [1.82, 2.24) is 15.0 Å². The summed E-state index contributed by atoms with van der Waals surface area (Å²) in [6.45, 7) is 0.486. The predicted molar refractivity (Wildman–Crippen MR) is 121 cm³/mol. The van der Waals surface area contributed by atoms with Gasteiger partial charge in [-0.3, -0.25) is 0 Å². The highest BCUT2D eigenvalue weighted by molar-refractivity contribution is 7.89. The SMILES string of the molecule is CC(Nc1nc(NCC(F)(F)F)c2nc(C#CC3CC3)ccc2n1)c1ccc(S(N)(=O)=O)cc1. The van der Waals surface area contributed by atoms with Crippen LogP contribution in [0.25, 0.3) is 11.0 Å². The van der Waals surface area contributed by atoms with Crippen LogP contribution in [0, 0.1) is 17.8 Å². The molecule has 2 aromatic heterocycles. The molecule has 1 aliphatic rings. The molecule has 1 fully saturated rings. The Bertz CT molecular complexity index is 1380. The van der Waals surface area contributed by atoms with Gasteiger partial charge in [0.1, 0.15) is 17.8 Å². The van der Waals surface area contributed by atoms with Gasteiger partial charge in [-0.1, -0.05) is 18.1 Å². The number of primary sulfonamides is 1. The molecular weight excluding hydrogens is 469 g/mol. The number of fused-ring (bicyclic) bond motifs is 1. The van der Waals surface area contributed by atoms with Crippen LogP contribution in [0.1, 0.15) is 37.1 Å². The molecular formula is C22H21F3N6O2S. The van der Waals surface area contributed by atoms with Crippen LogP contribution >= 0.6 is 0 Å². The monoisotopic (exact) mass is 490 g/mol. The lowest BCUT2D eigenvalue weighted by atomic mass is 10.1. The average Bonchev–Trinajstić information content (AvgIpc) is 3.59. The van der Waals surface area contributed by atoms with E-state index in [0.29, 0.717) is 22.7 Å². The molecule has 34 heavy (non-hydrogen) atoms. The molecule has 1 unspecified atom stereocenters. The molecule has 2 heterocycles.